The van der Waals surface area contributed by atoms with Gasteiger partial charge in [0.2, 0.25) is 0 Å². The molecule has 1 heterocycles. The minimum Gasteiger partial charge on any atom is -0.366 e. The van der Waals surface area contributed by atoms with Crippen molar-refractivity contribution in [1.29, 1.82) is 0 Å². The summed E-state index contributed by atoms with van der Waals surface area (Å²) >= 11 is 6.11. The standard InChI is InChI=1S/C16H16ClN3O/c17-12-5-6-13(16(18)21)15(9-12)20-8-7-19-10-11-3-1-2-4-14(11)20/h1-6,9,19H,7-8,10H2,(H2,18,21). The molecule has 21 heavy (non-hydrogen) atoms. The number of para-hydroxylation sites is 1. The first-order chi connectivity index (χ1) is 10.2. The topological polar surface area (TPSA) is 58.4 Å². The van der Waals surface area contributed by atoms with Gasteiger partial charge in [-0.3, -0.25) is 4.79 Å². The molecule has 3 N–H and O–H groups in total. The van der Waals surface area contributed by atoms with Gasteiger partial charge in [0.25, 0.3) is 5.91 Å². The average Bonchev–Trinajstić information content (AvgIpc) is 2.69. The van der Waals surface area contributed by atoms with Crippen LogP contribution in [-0.2, 0) is 6.54 Å². The molecule has 5 heteroatoms. The third-order valence-corrected chi connectivity index (χ3v) is 3.86. The zero-order chi connectivity index (χ0) is 14.8. The summed E-state index contributed by atoms with van der Waals surface area (Å²) in [5.74, 6) is -0.448. The molecule has 0 aromatic heterocycles. The van der Waals surface area contributed by atoms with E-state index in [9.17, 15) is 4.79 Å². The normalized spacial score (nSPS) is 14.4. The van der Waals surface area contributed by atoms with E-state index < -0.39 is 5.91 Å². The number of hydrogen-bond donors (Lipinski definition) is 2. The van der Waals surface area contributed by atoms with Crippen molar-refractivity contribution in [2.75, 3.05) is 18.0 Å². The minimum atomic E-state index is -0.448. The lowest BCUT2D eigenvalue weighted by Gasteiger charge is -2.26. The monoisotopic (exact) mass is 301 g/mol. The van der Waals surface area contributed by atoms with Crippen LogP contribution < -0.4 is 16.0 Å². The van der Waals surface area contributed by atoms with Crippen molar-refractivity contribution >= 4 is 28.9 Å². The predicted octanol–water partition coefficient (Wildman–Crippen LogP) is 2.68. The molecular formula is C16H16ClN3O. The van der Waals surface area contributed by atoms with Crippen LogP contribution in [0.5, 0.6) is 0 Å². The third kappa shape index (κ3) is 2.73. The van der Waals surface area contributed by atoms with E-state index in [1.807, 2.05) is 18.2 Å². The molecule has 0 radical (unpaired) electrons. The molecule has 1 amide bonds. The van der Waals surface area contributed by atoms with Gasteiger partial charge in [0, 0.05) is 30.3 Å². The Labute approximate surface area is 128 Å². The van der Waals surface area contributed by atoms with Crippen LogP contribution in [0.25, 0.3) is 0 Å². The number of nitrogens with one attached hydrogen (secondary N) is 1. The van der Waals surface area contributed by atoms with Crippen LogP contribution in [-0.4, -0.2) is 19.0 Å². The van der Waals surface area contributed by atoms with Gasteiger partial charge in [-0.25, -0.2) is 0 Å². The van der Waals surface area contributed by atoms with Crippen LogP contribution in [0.1, 0.15) is 15.9 Å². The Bertz CT molecular complexity index is 687. The van der Waals surface area contributed by atoms with E-state index in [1.54, 1.807) is 18.2 Å². The number of halogens is 1. The SMILES string of the molecule is NC(=O)c1ccc(Cl)cc1N1CCNCc2ccccc21. The highest BCUT2D eigenvalue weighted by Gasteiger charge is 2.20. The number of rotatable bonds is 2. The van der Waals surface area contributed by atoms with Crippen molar-refractivity contribution in [3.05, 3.63) is 58.6 Å². The molecule has 1 aliphatic rings. The van der Waals surface area contributed by atoms with Gasteiger partial charge >= 0.3 is 0 Å². The molecule has 108 valence electrons. The number of carbonyl (C=O) groups is 1. The fraction of sp³-hybridized carbons (Fsp3) is 0.188. The molecule has 0 spiro atoms. The molecular weight excluding hydrogens is 286 g/mol. The van der Waals surface area contributed by atoms with E-state index in [0.29, 0.717) is 10.6 Å². The molecule has 0 bridgehead atoms. The first-order valence-corrected chi connectivity index (χ1v) is 7.20. The summed E-state index contributed by atoms with van der Waals surface area (Å²) in [5, 5.41) is 3.96. The van der Waals surface area contributed by atoms with Gasteiger partial charge in [0.15, 0.2) is 0 Å². The van der Waals surface area contributed by atoms with Crippen molar-refractivity contribution < 1.29 is 4.79 Å². The molecule has 2 aromatic rings. The Morgan fingerprint density at radius 2 is 2.00 bits per heavy atom. The van der Waals surface area contributed by atoms with Gasteiger partial charge in [0.05, 0.1) is 11.3 Å². The Balaban J connectivity index is 2.16. The van der Waals surface area contributed by atoms with Crippen molar-refractivity contribution in [2.24, 2.45) is 5.73 Å². The summed E-state index contributed by atoms with van der Waals surface area (Å²) in [6, 6.07) is 13.3. The quantitative estimate of drug-likeness (QED) is 0.896. The van der Waals surface area contributed by atoms with E-state index in [1.165, 1.54) is 5.56 Å². The Morgan fingerprint density at radius 3 is 2.81 bits per heavy atom. The van der Waals surface area contributed by atoms with Crippen LogP contribution >= 0.6 is 11.6 Å². The first-order valence-electron chi connectivity index (χ1n) is 6.82. The maximum absolute atomic E-state index is 11.7. The van der Waals surface area contributed by atoms with Gasteiger partial charge < -0.3 is 16.0 Å². The van der Waals surface area contributed by atoms with Crippen molar-refractivity contribution in [2.45, 2.75) is 6.54 Å². The summed E-state index contributed by atoms with van der Waals surface area (Å²) in [6.45, 7) is 2.37. The maximum Gasteiger partial charge on any atom is 0.250 e. The third-order valence-electron chi connectivity index (χ3n) is 3.63. The van der Waals surface area contributed by atoms with E-state index in [4.69, 9.17) is 17.3 Å². The number of hydrogen-bond acceptors (Lipinski definition) is 3. The molecule has 0 saturated heterocycles. The number of amides is 1. The van der Waals surface area contributed by atoms with Gasteiger partial charge in [-0.2, -0.15) is 0 Å². The Hall–Kier alpha value is -2.04. The predicted molar refractivity (Wildman–Crippen MR) is 85.1 cm³/mol. The van der Waals surface area contributed by atoms with Crippen molar-refractivity contribution in [1.82, 2.24) is 5.32 Å². The average molecular weight is 302 g/mol. The van der Waals surface area contributed by atoms with Gasteiger partial charge in [-0.15, -0.1) is 0 Å². The van der Waals surface area contributed by atoms with Crippen molar-refractivity contribution in [3.8, 4) is 0 Å². The number of fused-ring (bicyclic) bond motifs is 1. The van der Waals surface area contributed by atoms with Crippen LogP contribution in [0.4, 0.5) is 11.4 Å². The van der Waals surface area contributed by atoms with E-state index in [2.05, 4.69) is 16.3 Å². The van der Waals surface area contributed by atoms with Crippen LogP contribution in [0.3, 0.4) is 0 Å². The number of nitrogens with two attached hydrogens (primary N) is 1. The fourth-order valence-electron chi connectivity index (χ4n) is 2.64. The van der Waals surface area contributed by atoms with E-state index in [0.717, 1.165) is 31.0 Å². The molecule has 1 aliphatic heterocycles. The molecule has 2 aromatic carbocycles. The molecule has 0 atom stereocenters. The lowest BCUT2D eigenvalue weighted by Crippen LogP contribution is -2.27. The second-order valence-corrected chi connectivity index (χ2v) is 5.42. The lowest BCUT2D eigenvalue weighted by molar-refractivity contribution is 0.100. The van der Waals surface area contributed by atoms with E-state index >= 15 is 0 Å². The molecule has 4 nitrogen and oxygen atoms in total. The smallest absolute Gasteiger partial charge is 0.250 e. The number of nitrogens with zero attached hydrogens (tertiary/aromatic N) is 1. The van der Waals surface area contributed by atoms with Gasteiger partial charge in [0.1, 0.15) is 0 Å². The zero-order valence-corrected chi connectivity index (χ0v) is 12.2. The molecule has 0 saturated carbocycles. The molecule has 3 rings (SSSR count). The molecule has 0 fully saturated rings. The first kappa shape index (κ1) is 13.9. The second kappa shape index (κ2) is 5.76. The summed E-state index contributed by atoms with van der Waals surface area (Å²) in [4.78, 5) is 13.8. The fourth-order valence-corrected chi connectivity index (χ4v) is 2.81. The highest BCUT2D eigenvalue weighted by Crippen LogP contribution is 2.33. The molecule has 0 unspecified atom stereocenters. The van der Waals surface area contributed by atoms with Crippen LogP contribution in [0.15, 0.2) is 42.5 Å². The highest BCUT2D eigenvalue weighted by atomic mass is 35.5. The zero-order valence-electron chi connectivity index (χ0n) is 11.5. The van der Waals surface area contributed by atoms with Crippen LogP contribution in [0.2, 0.25) is 5.02 Å². The number of carbonyl (C=O) groups excluding carboxylic acids is 1. The van der Waals surface area contributed by atoms with Gasteiger partial charge in [-0.05, 0) is 29.8 Å². The highest BCUT2D eigenvalue weighted by molar-refractivity contribution is 6.31. The second-order valence-electron chi connectivity index (χ2n) is 4.98. The van der Waals surface area contributed by atoms with Crippen LogP contribution in [0, 0.1) is 0 Å². The van der Waals surface area contributed by atoms with E-state index in [-0.39, 0.29) is 0 Å². The van der Waals surface area contributed by atoms with Crippen molar-refractivity contribution in [3.63, 3.8) is 0 Å². The lowest BCUT2D eigenvalue weighted by atomic mass is 10.1. The number of primary amides is 1. The Morgan fingerprint density at radius 1 is 1.19 bits per heavy atom. The summed E-state index contributed by atoms with van der Waals surface area (Å²) < 4.78 is 0. The Kier molecular flexibility index (Phi) is 3.82. The number of benzene rings is 2. The largest absolute Gasteiger partial charge is 0.366 e. The summed E-state index contributed by atoms with van der Waals surface area (Å²) in [7, 11) is 0. The summed E-state index contributed by atoms with van der Waals surface area (Å²) in [5.41, 5.74) is 9.01. The molecule has 0 aliphatic carbocycles. The van der Waals surface area contributed by atoms with Gasteiger partial charge in [-0.1, -0.05) is 29.8 Å². The maximum atomic E-state index is 11.7. The summed E-state index contributed by atoms with van der Waals surface area (Å²) in [6.07, 6.45) is 0. The minimum absolute atomic E-state index is 0.448. The number of anilines is 2.